The number of aromatic hydroxyl groups is 1. The second-order valence-electron chi connectivity index (χ2n) is 11.0. The third-order valence-electron chi connectivity index (χ3n) is 7.80. The number of para-hydroxylation sites is 1. The lowest BCUT2D eigenvalue weighted by molar-refractivity contribution is -0.126. The number of phenolic OH excluding ortho intramolecular Hbond substituents is 1. The molecule has 0 spiro atoms. The molecule has 0 aromatic heterocycles. The fourth-order valence-corrected chi connectivity index (χ4v) is 5.50. The van der Waals surface area contributed by atoms with Crippen molar-refractivity contribution in [3.05, 3.63) is 132 Å². The summed E-state index contributed by atoms with van der Waals surface area (Å²) in [6.07, 6.45) is 6.79. The molecule has 4 aromatic carbocycles. The number of piperidine rings is 1. The summed E-state index contributed by atoms with van der Waals surface area (Å²) in [7, 11) is 0. The summed E-state index contributed by atoms with van der Waals surface area (Å²) in [5.74, 6) is 1.90. The maximum atomic E-state index is 12.2. The highest BCUT2D eigenvalue weighted by Crippen LogP contribution is 2.26. The van der Waals surface area contributed by atoms with Gasteiger partial charge in [0.2, 0.25) is 6.41 Å². The van der Waals surface area contributed by atoms with Crippen LogP contribution in [-0.2, 0) is 24.4 Å². The first-order chi connectivity index (χ1) is 20.6. The zero-order valence-electron chi connectivity index (χ0n) is 24.7. The van der Waals surface area contributed by atoms with Crippen LogP contribution in [0.25, 0.3) is 0 Å². The van der Waals surface area contributed by atoms with E-state index in [1.54, 1.807) is 24.3 Å². The van der Waals surface area contributed by atoms with Gasteiger partial charge >= 0.3 is 0 Å². The van der Waals surface area contributed by atoms with Gasteiger partial charge in [0.1, 0.15) is 18.1 Å². The lowest BCUT2D eigenvalue weighted by Gasteiger charge is -2.42. The van der Waals surface area contributed by atoms with Crippen molar-refractivity contribution in [2.45, 2.75) is 58.3 Å². The molecular weight excluding hydrogens is 520 g/mol. The highest BCUT2D eigenvalue weighted by Gasteiger charge is 2.28. The van der Waals surface area contributed by atoms with Crippen molar-refractivity contribution in [3.8, 4) is 11.5 Å². The number of hydrogen-bond acceptors (Lipinski definition) is 4. The molecule has 1 aliphatic rings. The maximum absolute atomic E-state index is 12.2. The van der Waals surface area contributed by atoms with Crippen LogP contribution >= 0.6 is 0 Å². The van der Waals surface area contributed by atoms with E-state index < -0.39 is 0 Å². The van der Waals surface area contributed by atoms with Crippen LogP contribution in [0.4, 0.5) is 0 Å². The van der Waals surface area contributed by atoms with Crippen LogP contribution in [-0.4, -0.2) is 40.6 Å². The third kappa shape index (κ3) is 10.1. The molecule has 42 heavy (non-hydrogen) atoms. The fraction of sp³-hybridized carbons (Fsp3) is 0.324. The summed E-state index contributed by atoms with van der Waals surface area (Å²) in [6, 6.07) is 37.9. The summed E-state index contributed by atoms with van der Waals surface area (Å²) in [6.45, 7) is 5.49. The van der Waals surface area contributed by atoms with Crippen molar-refractivity contribution >= 4 is 6.41 Å². The minimum absolute atomic E-state index is 0.157. The van der Waals surface area contributed by atoms with Gasteiger partial charge in [0.15, 0.2) is 0 Å². The fourth-order valence-electron chi connectivity index (χ4n) is 5.50. The first-order valence-corrected chi connectivity index (χ1v) is 15.1. The molecule has 1 unspecified atom stereocenters. The van der Waals surface area contributed by atoms with Gasteiger partial charge in [0.25, 0.3) is 0 Å². The summed E-state index contributed by atoms with van der Waals surface area (Å²) in [5, 5.41) is 8.63. The Morgan fingerprint density at radius 1 is 0.810 bits per heavy atom. The van der Waals surface area contributed by atoms with Gasteiger partial charge in [-0.1, -0.05) is 104 Å². The Balaban J connectivity index is 0.000000507. The Kier molecular flexibility index (Phi) is 12.5. The normalized spacial score (nSPS) is 14.3. The molecule has 0 bridgehead atoms. The largest absolute Gasteiger partial charge is 0.508 e. The van der Waals surface area contributed by atoms with Crippen molar-refractivity contribution in [1.29, 1.82) is 0 Å². The van der Waals surface area contributed by atoms with E-state index >= 15 is 0 Å². The summed E-state index contributed by atoms with van der Waals surface area (Å²) < 4.78 is 5.92. The molecule has 1 saturated heterocycles. The molecule has 1 heterocycles. The van der Waals surface area contributed by atoms with Crippen molar-refractivity contribution in [3.63, 3.8) is 0 Å². The van der Waals surface area contributed by atoms with E-state index in [-0.39, 0.29) is 6.17 Å². The monoisotopic (exact) mass is 564 g/mol. The molecule has 5 heteroatoms. The van der Waals surface area contributed by atoms with Crippen molar-refractivity contribution in [2.24, 2.45) is 5.92 Å². The van der Waals surface area contributed by atoms with Gasteiger partial charge in [-0.25, -0.2) is 0 Å². The Bertz CT molecular complexity index is 1280. The van der Waals surface area contributed by atoms with Gasteiger partial charge in [0, 0.05) is 19.6 Å². The summed E-state index contributed by atoms with van der Waals surface area (Å²) in [4.78, 5) is 16.7. The van der Waals surface area contributed by atoms with Gasteiger partial charge in [-0.15, -0.1) is 0 Å². The van der Waals surface area contributed by atoms with Gasteiger partial charge in [-0.05, 0) is 72.6 Å². The van der Waals surface area contributed by atoms with Gasteiger partial charge in [-0.2, -0.15) is 0 Å². The van der Waals surface area contributed by atoms with E-state index in [2.05, 4.69) is 66.4 Å². The number of ether oxygens (including phenoxy) is 1. The van der Waals surface area contributed by atoms with E-state index in [1.165, 1.54) is 18.4 Å². The Morgan fingerprint density at radius 3 is 1.90 bits per heavy atom. The van der Waals surface area contributed by atoms with Crippen LogP contribution in [0.1, 0.15) is 49.3 Å². The SMILES string of the molecule is CCCC(N(C=O)Cc1ccc(OCc2ccccc2)cc1)N1CCC(Cc2ccccc2)CC1.Oc1ccccc1. The topological polar surface area (TPSA) is 53.0 Å². The average molecular weight is 565 g/mol. The lowest BCUT2D eigenvalue weighted by atomic mass is 9.89. The van der Waals surface area contributed by atoms with Crippen LogP contribution < -0.4 is 4.74 Å². The molecule has 0 radical (unpaired) electrons. The van der Waals surface area contributed by atoms with Gasteiger partial charge < -0.3 is 14.7 Å². The smallest absolute Gasteiger partial charge is 0.211 e. The number of rotatable bonds is 12. The van der Waals surface area contributed by atoms with Crippen LogP contribution in [0, 0.1) is 5.92 Å². The first kappa shape index (κ1) is 30.9. The zero-order valence-corrected chi connectivity index (χ0v) is 24.7. The maximum Gasteiger partial charge on any atom is 0.211 e. The minimum atomic E-state index is 0.157. The predicted molar refractivity (Wildman–Crippen MR) is 170 cm³/mol. The van der Waals surface area contributed by atoms with Gasteiger partial charge in [-0.3, -0.25) is 9.69 Å². The summed E-state index contributed by atoms with van der Waals surface area (Å²) in [5.41, 5.74) is 3.71. The number of phenols is 1. The Morgan fingerprint density at radius 2 is 1.38 bits per heavy atom. The third-order valence-corrected chi connectivity index (χ3v) is 7.80. The second-order valence-corrected chi connectivity index (χ2v) is 11.0. The molecule has 1 fully saturated rings. The molecule has 1 atom stereocenters. The molecule has 1 N–H and O–H groups in total. The number of hydrogen-bond donors (Lipinski definition) is 1. The van der Waals surface area contributed by atoms with Crippen molar-refractivity contribution in [2.75, 3.05) is 13.1 Å². The molecule has 1 aliphatic heterocycles. The second kappa shape index (κ2) is 17.0. The number of amides is 1. The quantitative estimate of drug-likeness (QED) is 0.179. The molecule has 0 aliphatic carbocycles. The van der Waals surface area contributed by atoms with E-state index in [9.17, 15) is 4.79 Å². The van der Waals surface area contributed by atoms with E-state index in [0.717, 1.165) is 61.6 Å². The van der Waals surface area contributed by atoms with E-state index in [4.69, 9.17) is 9.84 Å². The van der Waals surface area contributed by atoms with Crippen LogP contribution in [0.3, 0.4) is 0 Å². The molecule has 5 rings (SSSR count). The predicted octanol–water partition coefficient (Wildman–Crippen LogP) is 7.70. The molecule has 0 saturated carbocycles. The molecule has 5 nitrogen and oxygen atoms in total. The molecular formula is C37H44N2O3. The number of nitrogens with zero attached hydrogens (tertiary/aromatic N) is 2. The van der Waals surface area contributed by atoms with E-state index in [0.29, 0.717) is 18.9 Å². The minimum Gasteiger partial charge on any atom is -0.508 e. The first-order valence-electron chi connectivity index (χ1n) is 15.1. The van der Waals surface area contributed by atoms with Gasteiger partial charge in [0.05, 0.1) is 6.17 Å². The standard InChI is InChI=1S/C31H38N2O2.C6H6O/c1-2-9-31(32-20-18-27(19-21-32)22-26-10-5-3-6-11-26)33(25-34)23-28-14-16-30(17-15-28)35-24-29-12-7-4-8-13-29;7-6-4-2-1-3-5-6/h3-8,10-17,25,27,31H,2,9,18-24H2,1H3;1-5,7H. The van der Waals surface area contributed by atoms with E-state index in [1.807, 2.05) is 41.3 Å². The molecule has 1 amide bonds. The highest BCUT2D eigenvalue weighted by atomic mass is 16.5. The van der Waals surface area contributed by atoms with Crippen molar-refractivity contribution in [1.82, 2.24) is 9.80 Å². The number of likely N-dealkylation sites (tertiary alicyclic amines) is 1. The molecule has 220 valence electrons. The molecule has 4 aromatic rings. The number of benzene rings is 4. The van der Waals surface area contributed by atoms with Crippen LogP contribution in [0.2, 0.25) is 0 Å². The number of carbonyl (C=O) groups is 1. The average Bonchev–Trinajstić information content (AvgIpc) is 3.04. The summed E-state index contributed by atoms with van der Waals surface area (Å²) >= 11 is 0. The Hall–Kier alpha value is -4.09. The zero-order chi connectivity index (χ0) is 29.4. The lowest BCUT2D eigenvalue weighted by Crippen LogP contribution is -2.50. The Labute approximate surface area is 251 Å². The highest BCUT2D eigenvalue weighted by molar-refractivity contribution is 5.48. The van der Waals surface area contributed by atoms with Crippen molar-refractivity contribution < 1.29 is 14.6 Å². The number of carbonyl (C=O) groups excluding carboxylic acids is 1. The van der Waals surface area contributed by atoms with Crippen LogP contribution in [0.5, 0.6) is 11.5 Å². The van der Waals surface area contributed by atoms with Crippen LogP contribution in [0.15, 0.2) is 115 Å².